The van der Waals surface area contributed by atoms with E-state index in [1.165, 1.54) is 5.56 Å². The van der Waals surface area contributed by atoms with Crippen LogP contribution in [-0.4, -0.2) is 0 Å². The quantitative estimate of drug-likeness (QED) is 0.749. The Labute approximate surface area is 95.9 Å². The molecule has 1 atom stereocenters. The fraction of sp³-hybridized carbons (Fsp3) is 0.143. The van der Waals surface area contributed by atoms with Gasteiger partial charge in [0.2, 0.25) is 0 Å². The first-order valence-corrected chi connectivity index (χ1v) is 5.26. The predicted molar refractivity (Wildman–Crippen MR) is 66.9 cm³/mol. The zero-order valence-electron chi connectivity index (χ0n) is 9.27. The van der Waals surface area contributed by atoms with E-state index in [0.717, 1.165) is 11.1 Å². The molecule has 2 rings (SSSR count). The van der Waals surface area contributed by atoms with Crippen LogP contribution in [0.2, 0.25) is 0 Å². The first-order chi connectivity index (χ1) is 7.66. The van der Waals surface area contributed by atoms with Gasteiger partial charge in [0, 0.05) is 11.8 Å². The third kappa shape index (κ3) is 2.23. The molecule has 16 heavy (non-hydrogen) atoms. The Hall–Kier alpha value is -1.80. The molecule has 1 radical (unpaired) electrons. The molecular weight excluding hydrogens is 196 g/mol. The van der Waals surface area contributed by atoms with Crippen molar-refractivity contribution in [1.29, 1.82) is 0 Å². The summed E-state index contributed by atoms with van der Waals surface area (Å²) in [5, 5.41) is 0. The maximum absolute atomic E-state index is 6.18. The van der Waals surface area contributed by atoms with Crippen LogP contribution < -0.4 is 11.5 Å². The van der Waals surface area contributed by atoms with E-state index < -0.39 is 0 Å². The van der Waals surface area contributed by atoms with Gasteiger partial charge in [0.25, 0.3) is 0 Å². The summed E-state index contributed by atoms with van der Waals surface area (Å²) in [6.07, 6.45) is 0. The molecular formula is C14H15N2. The van der Waals surface area contributed by atoms with Crippen LogP contribution >= 0.6 is 0 Å². The second-order valence-corrected chi connectivity index (χ2v) is 3.97. The largest absolute Gasteiger partial charge is 0.398 e. The number of hydrogen-bond donors (Lipinski definition) is 2. The molecule has 0 spiro atoms. The van der Waals surface area contributed by atoms with Crippen LogP contribution in [0.4, 0.5) is 5.69 Å². The number of aryl methyl sites for hydroxylation is 1. The van der Waals surface area contributed by atoms with Crippen molar-refractivity contribution in [2.45, 2.75) is 13.0 Å². The van der Waals surface area contributed by atoms with E-state index in [2.05, 4.69) is 25.1 Å². The number of anilines is 1. The monoisotopic (exact) mass is 211 g/mol. The number of benzene rings is 2. The normalized spacial score (nSPS) is 12.4. The Kier molecular flexibility index (Phi) is 2.93. The van der Waals surface area contributed by atoms with E-state index in [1.54, 1.807) is 6.07 Å². The van der Waals surface area contributed by atoms with Crippen molar-refractivity contribution in [1.82, 2.24) is 0 Å². The summed E-state index contributed by atoms with van der Waals surface area (Å²) in [5.74, 6) is 0. The van der Waals surface area contributed by atoms with E-state index in [4.69, 9.17) is 11.5 Å². The molecule has 2 heteroatoms. The zero-order valence-corrected chi connectivity index (χ0v) is 9.27. The molecule has 0 amide bonds. The van der Waals surface area contributed by atoms with Crippen molar-refractivity contribution in [3.63, 3.8) is 0 Å². The standard InChI is InChI=1S/C14H15N2/c1-10-4-2-5-11(8-10)14(16)12-6-3-7-13(15)9-12/h2-6,8-9,14H,15-16H2,1H3. The molecule has 81 valence electrons. The van der Waals surface area contributed by atoms with Crippen molar-refractivity contribution in [2.24, 2.45) is 5.73 Å². The summed E-state index contributed by atoms with van der Waals surface area (Å²) in [4.78, 5) is 0. The molecule has 0 aliphatic heterocycles. The summed E-state index contributed by atoms with van der Waals surface area (Å²) >= 11 is 0. The molecule has 2 aromatic carbocycles. The Morgan fingerprint density at radius 3 is 2.56 bits per heavy atom. The van der Waals surface area contributed by atoms with Crippen LogP contribution in [0.25, 0.3) is 0 Å². The molecule has 0 saturated heterocycles. The summed E-state index contributed by atoms with van der Waals surface area (Å²) in [6, 6.07) is 16.6. The van der Waals surface area contributed by atoms with Gasteiger partial charge in [-0.15, -0.1) is 0 Å². The van der Waals surface area contributed by atoms with Gasteiger partial charge in [0.05, 0.1) is 6.04 Å². The molecule has 2 aromatic rings. The minimum absolute atomic E-state index is 0.128. The van der Waals surface area contributed by atoms with Crippen molar-refractivity contribution < 1.29 is 0 Å². The fourth-order valence-corrected chi connectivity index (χ4v) is 1.75. The van der Waals surface area contributed by atoms with Crippen LogP contribution in [0.3, 0.4) is 0 Å². The summed E-state index contributed by atoms with van der Waals surface area (Å²) in [5.41, 5.74) is 15.8. The third-order valence-electron chi connectivity index (χ3n) is 2.61. The topological polar surface area (TPSA) is 52.0 Å². The molecule has 0 saturated carbocycles. The lowest BCUT2D eigenvalue weighted by Gasteiger charge is -2.13. The van der Waals surface area contributed by atoms with Gasteiger partial charge in [-0.1, -0.05) is 42.0 Å². The number of nitrogen functional groups attached to an aromatic ring is 1. The highest BCUT2D eigenvalue weighted by molar-refractivity contribution is 5.43. The van der Waals surface area contributed by atoms with E-state index in [0.29, 0.717) is 5.69 Å². The minimum Gasteiger partial charge on any atom is -0.398 e. The van der Waals surface area contributed by atoms with Gasteiger partial charge >= 0.3 is 0 Å². The number of rotatable bonds is 2. The maximum atomic E-state index is 6.18. The maximum Gasteiger partial charge on any atom is 0.0552 e. The Morgan fingerprint density at radius 1 is 1.12 bits per heavy atom. The highest BCUT2D eigenvalue weighted by Crippen LogP contribution is 2.21. The van der Waals surface area contributed by atoms with Gasteiger partial charge in [-0.05, 0) is 24.1 Å². The van der Waals surface area contributed by atoms with Crippen LogP contribution in [0.15, 0.2) is 42.5 Å². The van der Waals surface area contributed by atoms with Gasteiger partial charge in [-0.25, -0.2) is 0 Å². The van der Waals surface area contributed by atoms with Crippen LogP contribution in [0, 0.1) is 13.0 Å². The van der Waals surface area contributed by atoms with Gasteiger partial charge in [-0.2, -0.15) is 0 Å². The highest BCUT2D eigenvalue weighted by Gasteiger charge is 2.08. The molecule has 0 aromatic heterocycles. The first-order valence-electron chi connectivity index (χ1n) is 5.26. The van der Waals surface area contributed by atoms with E-state index in [-0.39, 0.29) is 6.04 Å². The first kappa shape index (κ1) is 10.7. The third-order valence-corrected chi connectivity index (χ3v) is 2.61. The molecule has 1 unspecified atom stereocenters. The SMILES string of the molecule is Cc1cccc(C(N)c2cc[c]c(N)c2)c1. The predicted octanol–water partition coefficient (Wildman–Crippen LogP) is 2.43. The molecule has 0 bridgehead atoms. The van der Waals surface area contributed by atoms with Crippen molar-refractivity contribution >= 4 is 5.69 Å². The smallest absolute Gasteiger partial charge is 0.0552 e. The average Bonchev–Trinajstić information content (AvgIpc) is 2.28. The van der Waals surface area contributed by atoms with Crippen molar-refractivity contribution in [2.75, 3.05) is 5.73 Å². The second kappa shape index (κ2) is 4.37. The van der Waals surface area contributed by atoms with E-state index >= 15 is 0 Å². The summed E-state index contributed by atoms with van der Waals surface area (Å²) in [6.45, 7) is 2.06. The lowest BCUT2D eigenvalue weighted by molar-refractivity contribution is 0.870. The van der Waals surface area contributed by atoms with Crippen molar-refractivity contribution in [3.05, 3.63) is 65.2 Å². The minimum atomic E-state index is -0.128. The highest BCUT2D eigenvalue weighted by atomic mass is 14.6. The van der Waals surface area contributed by atoms with Gasteiger partial charge < -0.3 is 11.5 Å². The lowest BCUT2D eigenvalue weighted by atomic mass is 9.98. The number of nitrogens with two attached hydrogens (primary N) is 2. The van der Waals surface area contributed by atoms with E-state index in [9.17, 15) is 0 Å². The molecule has 0 aliphatic rings. The fourth-order valence-electron chi connectivity index (χ4n) is 1.75. The van der Waals surface area contributed by atoms with Crippen LogP contribution in [0.1, 0.15) is 22.7 Å². The molecule has 4 N–H and O–H groups in total. The Bertz CT molecular complexity index is 446. The van der Waals surface area contributed by atoms with Gasteiger partial charge in [0.1, 0.15) is 0 Å². The molecule has 0 heterocycles. The second-order valence-electron chi connectivity index (χ2n) is 3.97. The average molecular weight is 211 g/mol. The Morgan fingerprint density at radius 2 is 1.88 bits per heavy atom. The summed E-state index contributed by atoms with van der Waals surface area (Å²) < 4.78 is 0. The summed E-state index contributed by atoms with van der Waals surface area (Å²) in [7, 11) is 0. The van der Waals surface area contributed by atoms with E-state index in [1.807, 2.05) is 24.3 Å². The lowest BCUT2D eigenvalue weighted by Crippen LogP contribution is -2.12. The molecule has 0 aliphatic carbocycles. The van der Waals surface area contributed by atoms with Crippen LogP contribution in [0.5, 0.6) is 0 Å². The molecule has 0 fully saturated rings. The van der Waals surface area contributed by atoms with Crippen LogP contribution in [-0.2, 0) is 0 Å². The van der Waals surface area contributed by atoms with Gasteiger partial charge in [-0.3, -0.25) is 0 Å². The zero-order chi connectivity index (χ0) is 11.5. The number of hydrogen-bond acceptors (Lipinski definition) is 2. The van der Waals surface area contributed by atoms with Gasteiger partial charge in [0.15, 0.2) is 0 Å². The molecule has 2 nitrogen and oxygen atoms in total. The van der Waals surface area contributed by atoms with Crippen molar-refractivity contribution in [3.8, 4) is 0 Å². The Balaban J connectivity index is 2.35.